The Labute approximate surface area is 253 Å². The van der Waals surface area contributed by atoms with E-state index in [0.29, 0.717) is 23.2 Å². The van der Waals surface area contributed by atoms with Crippen molar-refractivity contribution in [2.75, 3.05) is 6.61 Å². The van der Waals surface area contributed by atoms with Crippen molar-refractivity contribution in [3.8, 4) is 5.75 Å². The van der Waals surface area contributed by atoms with Gasteiger partial charge in [-0.15, -0.1) is 0 Å². The molecule has 4 aliphatic rings. The standard InChI is InChI=1S/C37H54F2O3/c1-6-22-41-32-18-15-28(33(38)34(32)39)35(40)42-23-24(2)10-9-11-25(3)29-16-17-30-27-14-13-26-12-7-8-20-36(26,4)31(27)19-21-37(29,30)5/h15,18,23,25-27,29-31H,6-14,16-17,19-22H2,1-5H3/t25-,26?,27+,29-,30+,31+,36+,37-/m1/s1. The SMILES string of the molecule is CCCOc1ccc(C(=O)OC=C(C)CCC[C@@H](C)[C@H]2CC[C@H]3[C@@H]4CCC5CCCC[C@]5(C)[C@H]4CC[C@]23C)c(F)c1F. The zero-order valence-corrected chi connectivity index (χ0v) is 26.8. The van der Waals surface area contributed by atoms with Gasteiger partial charge in [0.15, 0.2) is 11.6 Å². The Balaban J connectivity index is 1.12. The summed E-state index contributed by atoms with van der Waals surface area (Å²) in [6, 6.07) is 2.51. The molecule has 42 heavy (non-hydrogen) atoms. The van der Waals surface area contributed by atoms with Crippen LogP contribution in [0, 0.1) is 58.0 Å². The van der Waals surface area contributed by atoms with Crippen molar-refractivity contribution in [1.82, 2.24) is 0 Å². The van der Waals surface area contributed by atoms with Gasteiger partial charge in [0.25, 0.3) is 0 Å². The first-order valence-corrected chi connectivity index (χ1v) is 17.1. The third kappa shape index (κ3) is 5.92. The molecule has 4 saturated carbocycles. The maximum absolute atomic E-state index is 14.5. The summed E-state index contributed by atoms with van der Waals surface area (Å²) in [6.45, 7) is 11.9. The van der Waals surface area contributed by atoms with Crippen LogP contribution in [0.1, 0.15) is 135 Å². The Kier molecular flexibility index (Phi) is 9.74. The second kappa shape index (κ2) is 13.0. The summed E-state index contributed by atoms with van der Waals surface area (Å²) >= 11 is 0. The van der Waals surface area contributed by atoms with Crippen LogP contribution in [0.5, 0.6) is 5.75 Å². The van der Waals surface area contributed by atoms with E-state index in [0.717, 1.165) is 48.0 Å². The fourth-order valence-corrected chi connectivity index (χ4v) is 10.5. The fourth-order valence-electron chi connectivity index (χ4n) is 10.5. The first kappa shape index (κ1) is 31.5. The molecular weight excluding hydrogens is 530 g/mol. The van der Waals surface area contributed by atoms with Gasteiger partial charge in [-0.1, -0.05) is 47.0 Å². The minimum Gasteiger partial charge on any atom is -0.490 e. The number of hydrogen-bond acceptors (Lipinski definition) is 3. The largest absolute Gasteiger partial charge is 0.490 e. The van der Waals surface area contributed by atoms with E-state index in [-0.39, 0.29) is 12.4 Å². The monoisotopic (exact) mass is 584 g/mol. The molecule has 5 heteroatoms. The lowest BCUT2D eigenvalue weighted by molar-refractivity contribution is -0.114. The Morgan fingerprint density at radius 3 is 2.57 bits per heavy atom. The van der Waals surface area contributed by atoms with Crippen molar-refractivity contribution in [2.24, 2.45) is 46.3 Å². The number of esters is 1. The van der Waals surface area contributed by atoms with Crippen molar-refractivity contribution in [2.45, 2.75) is 125 Å². The zero-order chi connectivity index (χ0) is 30.1. The number of allylic oxidation sites excluding steroid dienone is 1. The number of ether oxygens (including phenoxy) is 2. The van der Waals surface area contributed by atoms with E-state index in [9.17, 15) is 13.6 Å². The van der Waals surface area contributed by atoms with Crippen LogP contribution in [0.15, 0.2) is 24.0 Å². The van der Waals surface area contributed by atoms with E-state index in [1.165, 1.54) is 89.0 Å². The molecular formula is C37H54F2O3. The fraction of sp³-hybridized carbons (Fsp3) is 0.757. The third-order valence-electron chi connectivity index (χ3n) is 12.7. The van der Waals surface area contributed by atoms with Gasteiger partial charge >= 0.3 is 5.97 Å². The van der Waals surface area contributed by atoms with Crippen molar-refractivity contribution in [1.29, 1.82) is 0 Å². The molecule has 0 spiro atoms. The van der Waals surface area contributed by atoms with Gasteiger partial charge in [0.1, 0.15) is 0 Å². The maximum atomic E-state index is 14.5. The minimum absolute atomic E-state index is 0.187. The summed E-state index contributed by atoms with van der Waals surface area (Å²) in [5, 5.41) is 0. The number of hydrogen-bond donors (Lipinski definition) is 0. The van der Waals surface area contributed by atoms with Crippen LogP contribution >= 0.6 is 0 Å². The lowest BCUT2D eigenvalue weighted by Gasteiger charge is -2.61. The van der Waals surface area contributed by atoms with E-state index >= 15 is 0 Å². The van der Waals surface area contributed by atoms with Crippen molar-refractivity contribution < 1.29 is 23.0 Å². The normalized spacial score (nSPS) is 35.1. The van der Waals surface area contributed by atoms with Crippen LogP contribution in [0.2, 0.25) is 0 Å². The summed E-state index contributed by atoms with van der Waals surface area (Å²) in [6.07, 6.45) is 19.6. The highest BCUT2D eigenvalue weighted by Crippen LogP contribution is 2.68. The molecule has 234 valence electrons. The van der Waals surface area contributed by atoms with Gasteiger partial charge in [-0.3, -0.25) is 0 Å². The molecule has 4 fully saturated rings. The van der Waals surface area contributed by atoms with E-state index in [1.807, 2.05) is 13.8 Å². The molecule has 0 heterocycles. The summed E-state index contributed by atoms with van der Waals surface area (Å²) in [7, 11) is 0. The van der Waals surface area contributed by atoms with E-state index in [4.69, 9.17) is 9.47 Å². The molecule has 4 aliphatic carbocycles. The molecule has 5 rings (SSSR count). The number of halogens is 2. The molecule has 0 aliphatic heterocycles. The number of carbonyl (C=O) groups is 1. The van der Waals surface area contributed by atoms with Crippen LogP contribution in [0.4, 0.5) is 8.78 Å². The van der Waals surface area contributed by atoms with Crippen LogP contribution in [-0.2, 0) is 4.74 Å². The van der Waals surface area contributed by atoms with E-state index in [1.54, 1.807) is 0 Å². The lowest BCUT2D eigenvalue weighted by atomic mass is 9.44. The van der Waals surface area contributed by atoms with Gasteiger partial charge < -0.3 is 9.47 Å². The number of benzene rings is 1. The van der Waals surface area contributed by atoms with E-state index in [2.05, 4.69) is 20.8 Å². The quantitative estimate of drug-likeness (QED) is 0.203. The predicted octanol–water partition coefficient (Wildman–Crippen LogP) is 10.7. The topological polar surface area (TPSA) is 35.5 Å². The molecule has 0 aromatic heterocycles. The van der Waals surface area contributed by atoms with Gasteiger partial charge in [0.2, 0.25) is 5.82 Å². The van der Waals surface area contributed by atoms with Gasteiger partial charge in [-0.2, -0.15) is 4.39 Å². The molecule has 1 aromatic carbocycles. The highest BCUT2D eigenvalue weighted by Gasteiger charge is 2.60. The first-order chi connectivity index (χ1) is 20.1. The minimum atomic E-state index is -1.23. The summed E-state index contributed by atoms with van der Waals surface area (Å²) in [5.41, 5.74) is 1.60. The second-order valence-electron chi connectivity index (χ2n) is 15.0. The highest BCUT2D eigenvalue weighted by atomic mass is 19.2. The van der Waals surface area contributed by atoms with Gasteiger partial charge in [-0.05, 0) is 142 Å². The van der Waals surface area contributed by atoms with Gasteiger partial charge in [-0.25, -0.2) is 9.18 Å². The van der Waals surface area contributed by atoms with Gasteiger partial charge in [0.05, 0.1) is 18.4 Å². The lowest BCUT2D eigenvalue weighted by Crippen LogP contribution is -2.53. The number of fused-ring (bicyclic) bond motifs is 5. The molecule has 1 unspecified atom stereocenters. The number of carbonyl (C=O) groups excluding carboxylic acids is 1. The molecule has 0 saturated heterocycles. The zero-order valence-electron chi connectivity index (χ0n) is 26.8. The average Bonchev–Trinajstić information content (AvgIpc) is 3.33. The van der Waals surface area contributed by atoms with Crippen molar-refractivity contribution in [3.05, 3.63) is 41.2 Å². The Hall–Kier alpha value is -1.91. The smallest absolute Gasteiger partial charge is 0.346 e. The van der Waals surface area contributed by atoms with Crippen molar-refractivity contribution >= 4 is 5.97 Å². The molecule has 0 radical (unpaired) electrons. The second-order valence-corrected chi connectivity index (χ2v) is 15.0. The predicted molar refractivity (Wildman–Crippen MR) is 164 cm³/mol. The van der Waals surface area contributed by atoms with E-state index < -0.39 is 23.2 Å². The first-order valence-electron chi connectivity index (χ1n) is 17.1. The third-order valence-corrected chi connectivity index (χ3v) is 12.7. The maximum Gasteiger partial charge on any atom is 0.346 e. The molecule has 3 nitrogen and oxygen atoms in total. The highest BCUT2D eigenvalue weighted by molar-refractivity contribution is 5.90. The summed E-state index contributed by atoms with van der Waals surface area (Å²) in [4.78, 5) is 12.5. The number of rotatable bonds is 10. The van der Waals surface area contributed by atoms with Crippen LogP contribution < -0.4 is 4.74 Å². The Morgan fingerprint density at radius 1 is 1.00 bits per heavy atom. The van der Waals surface area contributed by atoms with Gasteiger partial charge in [0, 0.05) is 0 Å². The van der Waals surface area contributed by atoms with Crippen LogP contribution in [0.3, 0.4) is 0 Å². The van der Waals surface area contributed by atoms with Crippen LogP contribution in [-0.4, -0.2) is 12.6 Å². The summed E-state index contributed by atoms with van der Waals surface area (Å²) < 4.78 is 39.2. The Morgan fingerprint density at radius 2 is 1.79 bits per heavy atom. The molecule has 8 atom stereocenters. The molecule has 1 aromatic rings. The molecule has 0 bridgehead atoms. The summed E-state index contributed by atoms with van der Waals surface area (Å²) in [5.74, 6) is 1.80. The van der Waals surface area contributed by atoms with Crippen LogP contribution in [0.25, 0.3) is 0 Å². The average molecular weight is 585 g/mol. The Bertz CT molecular complexity index is 1150. The van der Waals surface area contributed by atoms with Crippen molar-refractivity contribution in [3.63, 3.8) is 0 Å². The molecule has 0 amide bonds. The molecule has 0 N–H and O–H groups in total.